The molecule has 1 fully saturated rings. The highest BCUT2D eigenvalue weighted by molar-refractivity contribution is 5.95. The lowest BCUT2D eigenvalue weighted by Crippen LogP contribution is -2.44. The lowest BCUT2D eigenvalue weighted by atomic mass is 9.96. The molecule has 2 N–H and O–H groups in total. The van der Waals surface area contributed by atoms with Crippen LogP contribution in [0.5, 0.6) is 0 Å². The van der Waals surface area contributed by atoms with Gasteiger partial charge in [-0.3, -0.25) is 9.59 Å². The van der Waals surface area contributed by atoms with Crippen molar-refractivity contribution in [1.29, 1.82) is 0 Å². The number of rotatable bonds is 4. The third-order valence-corrected chi connectivity index (χ3v) is 3.95. The Balaban J connectivity index is 1.83. The SMILES string of the molecule is CN1CCN(c2ccc(NC(=O)CNC(=O)C(C)(C)C)cn2)CC1. The zero-order valence-electron chi connectivity index (χ0n) is 14.9. The van der Waals surface area contributed by atoms with Crippen molar-refractivity contribution >= 4 is 23.3 Å². The molecule has 0 bridgehead atoms. The third-order valence-electron chi connectivity index (χ3n) is 3.95. The van der Waals surface area contributed by atoms with E-state index in [2.05, 4.69) is 32.5 Å². The van der Waals surface area contributed by atoms with Crippen LogP contribution in [-0.4, -0.2) is 61.5 Å². The minimum Gasteiger partial charge on any atom is -0.354 e. The van der Waals surface area contributed by atoms with Gasteiger partial charge in [0.15, 0.2) is 0 Å². The van der Waals surface area contributed by atoms with Gasteiger partial charge in [0, 0.05) is 31.6 Å². The van der Waals surface area contributed by atoms with E-state index in [4.69, 9.17) is 0 Å². The molecule has 132 valence electrons. The van der Waals surface area contributed by atoms with E-state index in [0.29, 0.717) is 5.69 Å². The Morgan fingerprint density at radius 2 is 1.83 bits per heavy atom. The van der Waals surface area contributed by atoms with Crippen LogP contribution in [0.15, 0.2) is 18.3 Å². The zero-order chi connectivity index (χ0) is 17.7. The van der Waals surface area contributed by atoms with Crippen molar-refractivity contribution < 1.29 is 9.59 Å². The lowest BCUT2D eigenvalue weighted by Gasteiger charge is -2.33. The number of pyridine rings is 1. The molecule has 2 rings (SSSR count). The number of nitrogens with zero attached hydrogens (tertiary/aromatic N) is 3. The topological polar surface area (TPSA) is 77.6 Å². The average molecular weight is 333 g/mol. The molecular formula is C17H27N5O2. The molecule has 2 amide bonds. The van der Waals surface area contributed by atoms with Crippen LogP contribution in [0.1, 0.15) is 20.8 Å². The van der Waals surface area contributed by atoms with Crippen molar-refractivity contribution in [2.75, 3.05) is 50.0 Å². The molecule has 0 aromatic carbocycles. The maximum absolute atomic E-state index is 11.9. The predicted molar refractivity (Wildman–Crippen MR) is 95.0 cm³/mol. The first kappa shape index (κ1) is 18.2. The molecule has 0 saturated carbocycles. The second-order valence-corrected chi connectivity index (χ2v) is 7.18. The zero-order valence-corrected chi connectivity index (χ0v) is 14.9. The molecule has 24 heavy (non-hydrogen) atoms. The van der Waals surface area contributed by atoms with Gasteiger partial charge in [-0.2, -0.15) is 0 Å². The van der Waals surface area contributed by atoms with Gasteiger partial charge in [0.1, 0.15) is 5.82 Å². The number of amides is 2. The Bertz CT molecular complexity index is 572. The van der Waals surface area contributed by atoms with Gasteiger partial charge >= 0.3 is 0 Å². The number of hydrogen-bond acceptors (Lipinski definition) is 5. The minimum atomic E-state index is -0.508. The first-order valence-corrected chi connectivity index (χ1v) is 8.23. The summed E-state index contributed by atoms with van der Waals surface area (Å²) in [4.78, 5) is 32.6. The van der Waals surface area contributed by atoms with Crippen molar-refractivity contribution in [2.24, 2.45) is 5.41 Å². The summed E-state index contributed by atoms with van der Waals surface area (Å²) in [5.74, 6) is 0.505. The second-order valence-electron chi connectivity index (χ2n) is 7.18. The number of hydrogen-bond donors (Lipinski definition) is 2. The highest BCUT2D eigenvalue weighted by atomic mass is 16.2. The van der Waals surface area contributed by atoms with Gasteiger partial charge in [-0.05, 0) is 19.2 Å². The van der Waals surface area contributed by atoms with E-state index in [-0.39, 0.29) is 18.4 Å². The highest BCUT2D eigenvalue weighted by Gasteiger charge is 2.21. The summed E-state index contributed by atoms with van der Waals surface area (Å²) in [5, 5.41) is 5.37. The van der Waals surface area contributed by atoms with E-state index >= 15 is 0 Å². The number of carbonyl (C=O) groups excluding carboxylic acids is 2. The molecule has 1 aliphatic heterocycles. The van der Waals surface area contributed by atoms with Crippen LogP contribution in [-0.2, 0) is 9.59 Å². The van der Waals surface area contributed by atoms with Crippen molar-refractivity contribution in [3.8, 4) is 0 Å². The minimum absolute atomic E-state index is 0.0453. The van der Waals surface area contributed by atoms with E-state index in [1.165, 1.54) is 0 Å². The summed E-state index contributed by atoms with van der Waals surface area (Å²) in [7, 11) is 2.11. The summed E-state index contributed by atoms with van der Waals surface area (Å²) in [6, 6.07) is 3.75. The standard InChI is InChI=1S/C17H27N5O2/c1-17(2,3)16(24)19-12-15(23)20-13-5-6-14(18-11-13)22-9-7-21(4)8-10-22/h5-6,11H,7-10,12H2,1-4H3,(H,19,24)(H,20,23). The number of piperazine rings is 1. The number of nitrogens with one attached hydrogen (secondary N) is 2. The largest absolute Gasteiger partial charge is 0.354 e. The molecule has 0 spiro atoms. The molecule has 1 aromatic heterocycles. The number of carbonyl (C=O) groups is 2. The van der Waals surface area contributed by atoms with Gasteiger partial charge in [0.25, 0.3) is 0 Å². The fraction of sp³-hybridized carbons (Fsp3) is 0.588. The van der Waals surface area contributed by atoms with Crippen LogP contribution in [0.25, 0.3) is 0 Å². The molecule has 7 heteroatoms. The van der Waals surface area contributed by atoms with Gasteiger partial charge in [-0.1, -0.05) is 20.8 Å². The molecule has 7 nitrogen and oxygen atoms in total. The van der Waals surface area contributed by atoms with Crippen LogP contribution in [0.4, 0.5) is 11.5 Å². The van der Waals surface area contributed by atoms with E-state index < -0.39 is 5.41 Å². The Labute approximate surface area is 143 Å². The van der Waals surface area contributed by atoms with Crippen LogP contribution >= 0.6 is 0 Å². The Morgan fingerprint density at radius 3 is 2.38 bits per heavy atom. The number of anilines is 2. The second kappa shape index (κ2) is 7.61. The number of aromatic nitrogens is 1. The molecule has 0 atom stereocenters. The molecular weight excluding hydrogens is 306 g/mol. The Morgan fingerprint density at radius 1 is 1.17 bits per heavy atom. The highest BCUT2D eigenvalue weighted by Crippen LogP contribution is 2.16. The summed E-state index contributed by atoms with van der Waals surface area (Å²) in [5.41, 5.74) is 0.120. The Hall–Kier alpha value is -2.15. The molecule has 1 aliphatic rings. The van der Waals surface area contributed by atoms with Gasteiger partial charge in [-0.25, -0.2) is 4.98 Å². The van der Waals surface area contributed by atoms with Crippen molar-refractivity contribution in [3.05, 3.63) is 18.3 Å². The van der Waals surface area contributed by atoms with Gasteiger partial charge < -0.3 is 20.4 Å². The maximum Gasteiger partial charge on any atom is 0.243 e. The fourth-order valence-electron chi connectivity index (χ4n) is 2.31. The molecule has 0 unspecified atom stereocenters. The van der Waals surface area contributed by atoms with E-state index in [0.717, 1.165) is 32.0 Å². The van der Waals surface area contributed by atoms with Gasteiger partial charge in [0.05, 0.1) is 18.4 Å². The van der Waals surface area contributed by atoms with Gasteiger partial charge in [0.2, 0.25) is 11.8 Å². The Kier molecular flexibility index (Phi) is 5.77. The lowest BCUT2D eigenvalue weighted by molar-refractivity contribution is -0.130. The molecule has 0 aliphatic carbocycles. The molecule has 1 aromatic rings. The van der Waals surface area contributed by atoms with E-state index in [9.17, 15) is 9.59 Å². The normalized spacial score (nSPS) is 15.9. The monoisotopic (exact) mass is 333 g/mol. The van der Waals surface area contributed by atoms with Crippen LogP contribution < -0.4 is 15.5 Å². The molecule has 2 heterocycles. The van der Waals surface area contributed by atoms with E-state index in [1.54, 1.807) is 27.0 Å². The maximum atomic E-state index is 11.9. The third kappa shape index (κ3) is 5.19. The summed E-state index contributed by atoms with van der Waals surface area (Å²) in [6.07, 6.45) is 1.65. The number of likely N-dealkylation sites (N-methyl/N-ethyl adjacent to an activating group) is 1. The molecule has 0 radical (unpaired) electrons. The van der Waals surface area contributed by atoms with Crippen LogP contribution in [0.3, 0.4) is 0 Å². The first-order valence-electron chi connectivity index (χ1n) is 8.23. The van der Waals surface area contributed by atoms with Crippen LogP contribution in [0, 0.1) is 5.41 Å². The molecule has 1 saturated heterocycles. The summed E-state index contributed by atoms with van der Waals surface area (Å²) >= 11 is 0. The van der Waals surface area contributed by atoms with Crippen molar-refractivity contribution in [3.63, 3.8) is 0 Å². The summed E-state index contributed by atoms with van der Waals surface area (Å²) in [6.45, 7) is 9.32. The smallest absolute Gasteiger partial charge is 0.243 e. The predicted octanol–water partition coefficient (Wildman–Crippen LogP) is 0.934. The van der Waals surface area contributed by atoms with Crippen LogP contribution in [0.2, 0.25) is 0 Å². The first-order chi connectivity index (χ1) is 11.3. The van der Waals surface area contributed by atoms with E-state index in [1.807, 2.05) is 12.1 Å². The fourth-order valence-corrected chi connectivity index (χ4v) is 2.31. The summed E-state index contributed by atoms with van der Waals surface area (Å²) < 4.78 is 0. The van der Waals surface area contributed by atoms with Gasteiger partial charge in [-0.15, -0.1) is 0 Å². The van der Waals surface area contributed by atoms with Crippen molar-refractivity contribution in [2.45, 2.75) is 20.8 Å². The quantitative estimate of drug-likeness (QED) is 0.857. The average Bonchev–Trinajstić information content (AvgIpc) is 2.53. The van der Waals surface area contributed by atoms with Crippen molar-refractivity contribution in [1.82, 2.24) is 15.2 Å².